The highest BCUT2D eigenvalue weighted by Crippen LogP contribution is 2.16. The third-order valence-electron chi connectivity index (χ3n) is 2.64. The summed E-state index contributed by atoms with van der Waals surface area (Å²) in [6.45, 7) is 4.30. The van der Waals surface area contributed by atoms with Crippen LogP contribution >= 0.6 is 0 Å². The van der Waals surface area contributed by atoms with Crippen molar-refractivity contribution in [1.29, 1.82) is 0 Å². The molecule has 3 rings (SSSR count). The van der Waals surface area contributed by atoms with Crippen molar-refractivity contribution in [2.75, 3.05) is 19.7 Å². The monoisotopic (exact) mass is 219 g/mol. The minimum Gasteiger partial charge on any atom is -0.367 e. The van der Waals surface area contributed by atoms with E-state index >= 15 is 0 Å². The largest absolute Gasteiger partial charge is 0.367 e. The van der Waals surface area contributed by atoms with Gasteiger partial charge in [0.05, 0.1) is 12.3 Å². The van der Waals surface area contributed by atoms with Crippen LogP contribution in [0.2, 0.25) is 0 Å². The van der Waals surface area contributed by atoms with Crippen molar-refractivity contribution < 1.29 is 4.74 Å². The van der Waals surface area contributed by atoms with Gasteiger partial charge >= 0.3 is 0 Å². The molecule has 6 nitrogen and oxygen atoms in total. The fourth-order valence-electron chi connectivity index (χ4n) is 1.83. The van der Waals surface area contributed by atoms with Gasteiger partial charge in [-0.1, -0.05) is 0 Å². The van der Waals surface area contributed by atoms with Crippen molar-refractivity contribution in [3.8, 4) is 0 Å². The van der Waals surface area contributed by atoms with Crippen LogP contribution in [0.5, 0.6) is 0 Å². The lowest BCUT2D eigenvalue weighted by atomic mass is 10.3. The van der Waals surface area contributed by atoms with Crippen LogP contribution in [0.1, 0.15) is 17.6 Å². The number of fused-ring (bicyclic) bond motifs is 1. The molecule has 0 radical (unpaired) electrons. The molecule has 1 aliphatic heterocycles. The Labute approximate surface area is 92.6 Å². The predicted octanol–water partition coefficient (Wildman–Crippen LogP) is 0.0936. The topological polar surface area (TPSA) is 64.3 Å². The predicted molar refractivity (Wildman–Crippen MR) is 57.1 cm³/mol. The molecule has 84 valence electrons. The lowest BCUT2D eigenvalue weighted by molar-refractivity contribution is 0.0208. The maximum absolute atomic E-state index is 5.64. The molecule has 1 unspecified atom stereocenters. The molecule has 3 heterocycles. The summed E-state index contributed by atoms with van der Waals surface area (Å²) in [5.74, 6) is 0.769. The number of aromatic nitrogens is 4. The zero-order chi connectivity index (χ0) is 11.0. The first kappa shape index (κ1) is 9.68. The van der Waals surface area contributed by atoms with Crippen LogP contribution < -0.4 is 5.32 Å². The van der Waals surface area contributed by atoms with E-state index in [-0.39, 0.29) is 6.10 Å². The average Bonchev–Trinajstić information content (AvgIpc) is 2.73. The van der Waals surface area contributed by atoms with Crippen molar-refractivity contribution in [2.24, 2.45) is 0 Å². The van der Waals surface area contributed by atoms with E-state index in [1.807, 2.05) is 19.1 Å². The number of nitrogens with zero attached hydrogens (tertiary/aromatic N) is 4. The number of morpholine rings is 1. The molecular formula is C10H13N5O. The van der Waals surface area contributed by atoms with Crippen molar-refractivity contribution in [2.45, 2.75) is 13.0 Å². The Morgan fingerprint density at radius 3 is 3.19 bits per heavy atom. The maximum Gasteiger partial charge on any atom is 0.184 e. The smallest absolute Gasteiger partial charge is 0.184 e. The summed E-state index contributed by atoms with van der Waals surface area (Å²) in [5, 5.41) is 15.9. The van der Waals surface area contributed by atoms with E-state index < -0.39 is 0 Å². The summed E-state index contributed by atoms with van der Waals surface area (Å²) < 4.78 is 7.40. The second-order valence-electron chi connectivity index (χ2n) is 3.87. The standard InChI is InChI=1S/C10H13N5O/c1-7-2-3-9-12-13-10(15(9)14-7)8-6-11-4-5-16-8/h2-3,8,11H,4-6H2,1H3. The van der Waals surface area contributed by atoms with Crippen LogP contribution in [-0.4, -0.2) is 39.5 Å². The molecule has 6 heteroatoms. The van der Waals surface area contributed by atoms with Crippen molar-refractivity contribution in [3.63, 3.8) is 0 Å². The van der Waals surface area contributed by atoms with E-state index in [4.69, 9.17) is 4.74 Å². The van der Waals surface area contributed by atoms with E-state index in [2.05, 4.69) is 20.6 Å². The lowest BCUT2D eigenvalue weighted by Gasteiger charge is -2.21. The molecule has 1 N–H and O–H groups in total. The van der Waals surface area contributed by atoms with E-state index in [0.717, 1.165) is 30.3 Å². The molecule has 0 amide bonds. The Bertz CT molecular complexity index is 503. The number of aryl methyl sites for hydroxylation is 1. The molecule has 0 saturated carbocycles. The molecular weight excluding hydrogens is 206 g/mol. The summed E-state index contributed by atoms with van der Waals surface area (Å²) in [6.07, 6.45) is -0.0574. The molecule has 0 spiro atoms. The van der Waals surface area contributed by atoms with Gasteiger partial charge in [0.2, 0.25) is 0 Å². The molecule has 0 aromatic carbocycles. The zero-order valence-corrected chi connectivity index (χ0v) is 9.05. The summed E-state index contributed by atoms with van der Waals surface area (Å²) in [5.41, 5.74) is 1.70. The first-order valence-electron chi connectivity index (χ1n) is 5.36. The molecule has 1 fully saturated rings. The number of nitrogens with one attached hydrogen (secondary N) is 1. The van der Waals surface area contributed by atoms with Crippen molar-refractivity contribution in [3.05, 3.63) is 23.7 Å². The van der Waals surface area contributed by atoms with Crippen LogP contribution in [0.3, 0.4) is 0 Å². The summed E-state index contributed by atoms with van der Waals surface area (Å²) in [7, 11) is 0. The SMILES string of the molecule is Cc1ccc2nnc(C3CNCCO3)n2n1. The second-order valence-corrected chi connectivity index (χ2v) is 3.87. The molecule has 0 aliphatic carbocycles. The summed E-state index contributed by atoms with van der Waals surface area (Å²) in [6, 6.07) is 3.84. The number of hydrogen-bond donors (Lipinski definition) is 1. The minimum atomic E-state index is -0.0574. The Hall–Kier alpha value is -1.53. The fraction of sp³-hybridized carbons (Fsp3) is 0.500. The fourth-order valence-corrected chi connectivity index (χ4v) is 1.83. The Morgan fingerprint density at radius 2 is 2.38 bits per heavy atom. The third kappa shape index (κ3) is 1.56. The van der Waals surface area contributed by atoms with Gasteiger partial charge in [0.25, 0.3) is 0 Å². The molecule has 1 saturated heterocycles. The summed E-state index contributed by atoms with van der Waals surface area (Å²) in [4.78, 5) is 0. The van der Waals surface area contributed by atoms with Crippen LogP contribution in [0.25, 0.3) is 5.65 Å². The lowest BCUT2D eigenvalue weighted by Crippen LogP contribution is -2.34. The quantitative estimate of drug-likeness (QED) is 0.736. The molecule has 0 bridgehead atoms. The zero-order valence-electron chi connectivity index (χ0n) is 9.05. The van der Waals surface area contributed by atoms with Crippen LogP contribution in [0.4, 0.5) is 0 Å². The highest BCUT2D eigenvalue weighted by Gasteiger charge is 2.21. The molecule has 2 aromatic heterocycles. The molecule has 2 aromatic rings. The van der Waals surface area contributed by atoms with E-state index in [1.165, 1.54) is 0 Å². The van der Waals surface area contributed by atoms with Crippen LogP contribution in [0, 0.1) is 6.92 Å². The Balaban J connectivity index is 2.05. The van der Waals surface area contributed by atoms with Gasteiger partial charge in [0.15, 0.2) is 11.5 Å². The van der Waals surface area contributed by atoms with Gasteiger partial charge in [0, 0.05) is 13.1 Å². The Morgan fingerprint density at radius 1 is 1.44 bits per heavy atom. The van der Waals surface area contributed by atoms with Gasteiger partial charge in [-0.2, -0.15) is 9.61 Å². The minimum absolute atomic E-state index is 0.0574. The van der Waals surface area contributed by atoms with Gasteiger partial charge in [-0.15, -0.1) is 10.2 Å². The van der Waals surface area contributed by atoms with E-state index in [0.29, 0.717) is 6.61 Å². The highest BCUT2D eigenvalue weighted by atomic mass is 16.5. The van der Waals surface area contributed by atoms with Crippen LogP contribution in [-0.2, 0) is 4.74 Å². The molecule has 16 heavy (non-hydrogen) atoms. The highest BCUT2D eigenvalue weighted by molar-refractivity contribution is 5.36. The van der Waals surface area contributed by atoms with Gasteiger partial charge < -0.3 is 10.1 Å². The number of ether oxygens (including phenoxy) is 1. The first-order valence-corrected chi connectivity index (χ1v) is 5.36. The van der Waals surface area contributed by atoms with Gasteiger partial charge in [-0.25, -0.2) is 0 Å². The van der Waals surface area contributed by atoms with Gasteiger partial charge in [0.1, 0.15) is 6.10 Å². The molecule has 1 aliphatic rings. The third-order valence-corrected chi connectivity index (χ3v) is 2.64. The normalized spacial score (nSPS) is 21.4. The average molecular weight is 219 g/mol. The number of rotatable bonds is 1. The van der Waals surface area contributed by atoms with E-state index in [9.17, 15) is 0 Å². The molecule has 1 atom stereocenters. The van der Waals surface area contributed by atoms with Crippen LogP contribution in [0.15, 0.2) is 12.1 Å². The number of hydrogen-bond acceptors (Lipinski definition) is 5. The van der Waals surface area contributed by atoms with Crippen molar-refractivity contribution in [1.82, 2.24) is 25.1 Å². The van der Waals surface area contributed by atoms with Gasteiger partial charge in [-0.3, -0.25) is 0 Å². The summed E-state index contributed by atoms with van der Waals surface area (Å²) >= 11 is 0. The van der Waals surface area contributed by atoms with E-state index in [1.54, 1.807) is 4.52 Å². The maximum atomic E-state index is 5.64. The second kappa shape index (κ2) is 3.80. The van der Waals surface area contributed by atoms with Crippen molar-refractivity contribution >= 4 is 5.65 Å². The first-order chi connectivity index (χ1) is 7.84. The Kier molecular flexibility index (Phi) is 2.30. The van der Waals surface area contributed by atoms with Gasteiger partial charge in [-0.05, 0) is 19.1 Å².